The fourth-order valence-corrected chi connectivity index (χ4v) is 2.26. The zero-order chi connectivity index (χ0) is 11.5. The molecule has 0 radical (unpaired) electrons. The normalized spacial score (nSPS) is 12.7. The summed E-state index contributed by atoms with van der Waals surface area (Å²) in [5, 5.41) is 10.0. The van der Waals surface area contributed by atoms with Crippen LogP contribution in [0, 0.1) is 6.92 Å². The SMILES string of the molecule is CCC(N)c1nnc(-c2cncc(C)c2)s1. The third-order valence-corrected chi connectivity index (χ3v) is 3.42. The zero-order valence-electron chi connectivity index (χ0n) is 9.34. The first-order valence-corrected chi connectivity index (χ1v) is 6.03. The van der Waals surface area contributed by atoms with Gasteiger partial charge in [0.25, 0.3) is 0 Å². The van der Waals surface area contributed by atoms with Gasteiger partial charge in [0.15, 0.2) is 0 Å². The van der Waals surface area contributed by atoms with E-state index in [2.05, 4.69) is 21.2 Å². The largest absolute Gasteiger partial charge is 0.322 e. The minimum atomic E-state index is -0.0102. The Morgan fingerprint density at radius 1 is 1.38 bits per heavy atom. The van der Waals surface area contributed by atoms with E-state index in [-0.39, 0.29) is 6.04 Å². The van der Waals surface area contributed by atoms with Gasteiger partial charge in [-0.05, 0) is 25.0 Å². The number of pyridine rings is 1. The predicted octanol–water partition coefficient (Wildman–Crippen LogP) is 2.32. The summed E-state index contributed by atoms with van der Waals surface area (Å²) in [5.41, 5.74) is 8.03. The average molecular weight is 234 g/mol. The number of nitrogens with zero attached hydrogens (tertiary/aromatic N) is 3. The van der Waals surface area contributed by atoms with E-state index in [1.165, 1.54) is 0 Å². The summed E-state index contributed by atoms with van der Waals surface area (Å²) < 4.78 is 0. The van der Waals surface area contributed by atoms with Gasteiger partial charge >= 0.3 is 0 Å². The second-order valence-corrected chi connectivity index (χ2v) is 4.72. The molecule has 0 bridgehead atoms. The molecule has 84 valence electrons. The Morgan fingerprint density at radius 2 is 2.19 bits per heavy atom. The van der Waals surface area contributed by atoms with E-state index in [1.54, 1.807) is 17.5 Å². The topological polar surface area (TPSA) is 64.7 Å². The number of rotatable bonds is 3. The lowest BCUT2D eigenvalue weighted by molar-refractivity contribution is 0.683. The number of hydrogen-bond acceptors (Lipinski definition) is 5. The van der Waals surface area contributed by atoms with E-state index < -0.39 is 0 Å². The van der Waals surface area contributed by atoms with E-state index >= 15 is 0 Å². The highest BCUT2D eigenvalue weighted by atomic mass is 32.1. The molecule has 4 nitrogen and oxygen atoms in total. The predicted molar refractivity (Wildman–Crippen MR) is 65.1 cm³/mol. The Morgan fingerprint density at radius 3 is 2.88 bits per heavy atom. The summed E-state index contributed by atoms with van der Waals surface area (Å²) in [6, 6.07) is 2.04. The van der Waals surface area contributed by atoms with Gasteiger partial charge < -0.3 is 5.73 Å². The maximum atomic E-state index is 5.91. The first-order valence-electron chi connectivity index (χ1n) is 5.21. The maximum Gasteiger partial charge on any atom is 0.149 e. The van der Waals surface area contributed by atoms with Crippen LogP contribution in [0.4, 0.5) is 0 Å². The van der Waals surface area contributed by atoms with Crippen molar-refractivity contribution in [3.63, 3.8) is 0 Å². The molecule has 5 heteroatoms. The average Bonchev–Trinajstić information content (AvgIpc) is 2.77. The van der Waals surface area contributed by atoms with Gasteiger partial charge in [-0.15, -0.1) is 10.2 Å². The van der Waals surface area contributed by atoms with Crippen LogP contribution >= 0.6 is 11.3 Å². The van der Waals surface area contributed by atoms with Crippen LogP contribution in [0.15, 0.2) is 18.5 Å². The summed E-state index contributed by atoms with van der Waals surface area (Å²) in [7, 11) is 0. The van der Waals surface area contributed by atoms with Gasteiger partial charge in [0.2, 0.25) is 0 Å². The van der Waals surface area contributed by atoms with Crippen molar-refractivity contribution in [1.82, 2.24) is 15.2 Å². The van der Waals surface area contributed by atoms with Crippen LogP contribution < -0.4 is 5.73 Å². The van der Waals surface area contributed by atoms with Crippen molar-refractivity contribution in [2.45, 2.75) is 26.3 Å². The van der Waals surface area contributed by atoms with Gasteiger partial charge in [0.1, 0.15) is 10.0 Å². The van der Waals surface area contributed by atoms with Crippen LogP contribution in [0.25, 0.3) is 10.6 Å². The summed E-state index contributed by atoms with van der Waals surface area (Å²) in [6.45, 7) is 4.05. The van der Waals surface area contributed by atoms with Crippen molar-refractivity contribution >= 4 is 11.3 Å². The van der Waals surface area contributed by atoms with E-state index in [0.29, 0.717) is 0 Å². The van der Waals surface area contributed by atoms with E-state index in [9.17, 15) is 0 Å². The highest BCUT2D eigenvalue weighted by molar-refractivity contribution is 7.14. The van der Waals surface area contributed by atoms with Crippen LogP contribution in [0.1, 0.15) is 30.0 Å². The second-order valence-electron chi connectivity index (χ2n) is 3.71. The van der Waals surface area contributed by atoms with Crippen molar-refractivity contribution in [2.24, 2.45) is 5.73 Å². The summed E-state index contributed by atoms with van der Waals surface area (Å²) in [6.07, 6.45) is 4.50. The Labute approximate surface area is 98.6 Å². The van der Waals surface area contributed by atoms with Gasteiger partial charge in [-0.1, -0.05) is 18.3 Å². The standard InChI is InChI=1S/C11H14N4S/c1-3-9(12)11-15-14-10(16-11)8-4-7(2)5-13-6-8/h4-6,9H,3,12H2,1-2H3. The van der Waals surface area contributed by atoms with Crippen LogP contribution in [0.2, 0.25) is 0 Å². The number of aryl methyl sites for hydroxylation is 1. The number of hydrogen-bond donors (Lipinski definition) is 1. The Hall–Kier alpha value is -1.33. The molecule has 1 atom stereocenters. The van der Waals surface area contributed by atoms with E-state index in [1.807, 2.05) is 20.0 Å². The lowest BCUT2D eigenvalue weighted by atomic mass is 10.2. The Bertz CT molecular complexity index is 480. The first-order chi connectivity index (χ1) is 7.70. The van der Waals surface area contributed by atoms with Gasteiger partial charge in [0.05, 0.1) is 6.04 Å². The molecule has 2 aromatic heterocycles. The smallest absolute Gasteiger partial charge is 0.149 e. The lowest BCUT2D eigenvalue weighted by Gasteiger charge is -2.00. The Balaban J connectivity index is 2.31. The zero-order valence-corrected chi connectivity index (χ0v) is 10.2. The van der Waals surface area contributed by atoms with Crippen LogP contribution in [-0.2, 0) is 0 Å². The molecule has 0 aliphatic heterocycles. The minimum Gasteiger partial charge on any atom is -0.322 e. The molecule has 0 saturated carbocycles. The van der Waals surface area contributed by atoms with Gasteiger partial charge in [0, 0.05) is 18.0 Å². The molecule has 2 heterocycles. The molecule has 0 aliphatic carbocycles. The second kappa shape index (κ2) is 4.67. The summed E-state index contributed by atoms with van der Waals surface area (Å²) in [5.74, 6) is 0. The summed E-state index contributed by atoms with van der Waals surface area (Å²) in [4.78, 5) is 4.14. The van der Waals surface area contributed by atoms with Crippen molar-refractivity contribution in [3.05, 3.63) is 29.0 Å². The molecule has 0 aliphatic rings. The van der Waals surface area contributed by atoms with E-state index in [0.717, 1.165) is 27.6 Å². The Kier molecular flexibility index (Phi) is 3.26. The molecule has 0 amide bonds. The molecular formula is C11H14N4S. The van der Waals surface area contributed by atoms with Crippen LogP contribution in [0.5, 0.6) is 0 Å². The molecule has 0 aromatic carbocycles. The molecule has 0 fully saturated rings. The quantitative estimate of drug-likeness (QED) is 0.885. The molecule has 0 saturated heterocycles. The minimum absolute atomic E-state index is 0.0102. The molecule has 0 spiro atoms. The highest BCUT2D eigenvalue weighted by Crippen LogP contribution is 2.26. The van der Waals surface area contributed by atoms with Crippen molar-refractivity contribution in [3.8, 4) is 10.6 Å². The molecule has 2 N–H and O–H groups in total. The molecule has 16 heavy (non-hydrogen) atoms. The molecule has 1 unspecified atom stereocenters. The fraction of sp³-hybridized carbons (Fsp3) is 0.364. The van der Waals surface area contributed by atoms with E-state index in [4.69, 9.17) is 5.73 Å². The van der Waals surface area contributed by atoms with Crippen molar-refractivity contribution in [1.29, 1.82) is 0 Å². The maximum absolute atomic E-state index is 5.91. The number of aromatic nitrogens is 3. The van der Waals surface area contributed by atoms with Gasteiger partial charge in [-0.25, -0.2) is 0 Å². The lowest BCUT2D eigenvalue weighted by Crippen LogP contribution is -2.07. The van der Waals surface area contributed by atoms with Gasteiger partial charge in [-0.3, -0.25) is 4.98 Å². The van der Waals surface area contributed by atoms with Gasteiger partial charge in [-0.2, -0.15) is 0 Å². The molecule has 2 rings (SSSR count). The first kappa shape index (κ1) is 11.2. The monoisotopic (exact) mass is 234 g/mol. The molecule has 2 aromatic rings. The number of nitrogens with two attached hydrogens (primary N) is 1. The van der Waals surface area contributed by atoms with Crippen LogP contribution in [-0.4, -0.2) is 15.2 Å². The van der Waals surface area contributed by atoms with Crippen molar-refractivity contribution < 1.29 is 0 Å². The highest BCUT2D eigenvalue weighted by Gasteiger charge is 2.11. The summed E-state index contributed by atoms with van der Waals surface area (Å²) >= 11 is 1.54. The third kappa shape index (κ3) is 2.25. The molecular weight excluding hydrogens is 220 g/mol. The fourth-order valence-electron chi connectivity index (χ4n) is 1.35. The van der Waals surface area contributed by atoms with Crippen molar-refractivity contribution in [2.75, 3.05) is 0 Å². The third-order valence-electron chi connectivity index (χ3n) is 2.32. The van der Waals surface area contributed by atoms with Crippen LogP contribution in [0.3, 0.4) is 0 Å².